The second kappa shape index (κ2) is 7.74. The minimum atomic E-state index is -0.527. The second-order valence-corrected chi connectivity index (χ2v) is 5.82. The van der Waals surface area contributed by atoms with Gasteiger partial charge in [-0.1, -0.05) is 12.1 Å². The molecular formula is C18H20N2O5. The van der Waals surface area contributed by atoms with Gasteiger partial charge in [-0.05, 0) is 32.3 Å². The summed E-state index contributed by atoms with van der Waals surface area (Å²) in [4.78, 5) is 37.6. The number of carbonyl (C=O) groups excluding carboxylic acids is 2. The number of aryl methyl sites for hydroxylation is 3. The predicted octanol–water partition coefficient (Wildman–Crippen LogP) is 3.53. The first-order chi connectivity index (χ1) is 11.8. The highest BCUT2D eigenvalue weighted by Crippen LogP contribution is 2.22. The molecule has 0 spiro atoms. The number of methoxy groups -OCH3 is 1. The summed E-state index contributed by atoms with van der Waals surface area (Å²) < 4.78 is 4.76. The van der Waals surface area contributed by atoms with Gasteiger partial charge in [0.15, 0.2) is 5.78 Å². The number of nitrogens with zero attached hydrogens (tertiary/aromatic N) is 1. The molecule has 0 saturated carbocycles. The number of benzene rings is 1. The highest BCUT2D eigenvalue weighted by Gasteiger charge is 2.24. The van der Waals surface area contributed by atoms with Crippen molar-refractivity contribution in [2.75, 3.05) is 7.11 Å². The number of carbonyl (C=O) groups is 2. The van der Waals surface area contributed by atoms with E-state index in [1.165, 1.54) is 19.2 Å². The van der Waals surface area contributed by atoms with Gasteiger partial charge in [0.05, 0.1) is 23.2 Å². The summed E-state index contributed by atoms with van der Waals surface area (Å²) in [6, 6.07) is 6.28. The van der Waals surface area contributed by atoms with Gasteiger partial charge in [-0.25, -0.2) is 4.79 Å². The summed E-state index contributed by atoms with van der Waals surface area (Å²) in [7, 11) is 1.28. The van der Waals surface area contributed by atoms with Crippen LogP contribution >= 0.6 is 0 Å². The molecule has 132 valence electrons. The first-order valence-electron chi connectivity index (χ1n) is 7.89. The lowest BCUT2D eigenvalue weighted by Gasteiger charge is -2.05. The van der Waals surface area contributed by atoms with E-state index in [9.17, 15) is 19.7 Å². The molecule has 0 saturated heterocycles. The van der Waals surface area contributed by atoms with Gasteiger partial charge in [0.25, 0.3) is 5.69 Å². The van der Waals surface area contributed by atoms with Crippen molar-refractivity contribution in [2.24, 2.45) is 0 Å². The first-order valence-corrected chi connectivity index (χ1v) is 7.89. The number of nitrogens with one attached hydrogen (secondary N) is 1. The molecule has 0 aliphatic carbocycles. The molecule has 25 heavy (non-hydrogen) atoms. The Morgan fingerprint density at radius 2 is 1.72 bits per heavy atom. The van der Waals surface area contributed by atoms with Gasteiger partial charge in [0, 0.05) is 29.9 Å². The van der Waals surface area contributed by atoms with Crippen LogP contribution in [0.25, 0.3) is 0 Å². The number of hydrogen-bond acceptors (Lipinski definition) is 5. The van der Waals surface area contributed by atoms with Crippen LogP contribution in [0, 0.1) is 24.0 Å². The summed E-state index contributed by atoms with van der Waals surface area (Å²) in [5, 5.41) is 10.6. The molecule has 7 nitrogen and oxygen atoms in total. The molecule has 1 aromatic heterocycles. The van der Waals surface area contributed by atoms with E-state index < -0.39 is 10.9 Å². The largest absolute Gasteiger partial charge is 0.465 e. The Morgan fingerprint density at radius 3 is 2.28 bits per heavy atom. The maximum absolute atomic E-state index is 12.5. The number of H-pyrrole nitrogens is 1. The average Bonchev–Trinajstić information content (AvgIpc) is 2.88. The number of hydrogen-bond donors (Lipinski definition) is 1. The van der Waals surface area contributed by atoms with Gasteiger partial charge in [-0.3, -0.25) is 14.9 Å². The molecule has 0 bridgehead atoms. The fourth-order valence-corrected chi connectivity index (χ4v) is 2.85. The topological polar surface area (TPSA) is 102 Å². The number of aromatic nitrogens is 1. The minimum absolute atomic E-state index is 0.0426. The van der Waals surface area contributed by atoms with Crippen molar-refractivity contribution in [2.45, 2.75) is 33.1 Å². The third-order valence-corrected chi connectivity index (χ3v) is 4.06. The smallest absolute Gasteiger partial charge is 0.340 e. The van der Waals surface area contributed by atoms with Crippen LogP contribution in [0.2, 0.25) is 0 Å². The zero-order valence-corrected chi connectivity index (χ0v) is 14.4. The van der Waals surface area contributed by atoms with Crippen LogP contribution in [-0.2, 0) is 11.2 Å². The number of rotatable bonds is 7. The van der Waals surface area contributed by atoms with E-state index in [4.69, 9.17) is 4.74 Å². The molecule has 2 aromatic rings. The van der Waals surface area contributed by atoms with Crippen molar-refractivity contribution in [1.29, 1.82) is 0 Å². The molecule has 0 aliphatic heterocycles. The van der Waals surface area contributed by atoms with Crippen molar-refractivity contribution in [3.63, 3.8) is 0 Å². The van der Waals surface area contributed by atoms with Crippen LogP contribution in [-0.4, -0.2) is 28.8 Å². The monoisotopic (exact) mass is 344 g/mol. The van der Waals surface area contributed by atoms with E-state index in [2.05, 4.69) is 4.98 Å². The van der Waals surface area contributed by atoms with Crippen LogP contribution in [0.15, 0.2) is 24.3 Å². The standard InChI is InChI=1S/C18H20N2O5/c1-11-16(17(12(2)19-11)18(22)25-3)15(21)6-4-5-13-7-9-14(10-8-13)20(23)24/h7-10,19H,4-6H2,1-3H3. The van der Waals surface area contributed by atoms with Crippen LogP contribution in [0.3, 0.4) is 0 Å². The second-order valence-electron chi connectivity index (χ2n) is 5.82. The molecule has 2 rings (SSSR count). The Bertz CT molecular complexity index is 806. The normalized spacial score (nSPS) is 10.5. The van der Waals surface area contributed by atoms with Gasteiger partial charge >= 0.3 is 5.97 Å². The number of ketones is 1. The molecule has 0 fully saturated rings. The van der Waals surface area contributed by atoms with E-state index in [1.807, 2.05) is 0 Å². The Balaban J connectivity index is 2.03. The van der Waals surface area contributed by atoms with Crippen LogP contribution in [0.4, 0.5) is 5.69 Å². The van der Waals surface area contributed by atoms with E-state index >= 15 is 0 Å². The Morgan fingerprint density at radius 1 is 1.12 bits per heavy atom. The molecule has 0 unspecified atom stereocenters. The Kier molecular flexibility index (Phi) is 5.69. The van der Waals surface area contributed by atoms with Crippen molar-refractivity contribution < 1.29 is 19.2 Å². The molecule has 0 aliphatic rings. The SMILES string of the molecule is COC(=O)c1c(C)[nH]c(C)c1C(=O)CCCc1ccc([N+](=O)[O-])cc1. The third kappa shape index (κ3) is 4.12. The molecule has 0 atom stereocenters. The maximum atomic E-state index is 12.5. The fourth-order valence-electron chi connectivity index (χ4n) is 2.85. The lowest BCUT2D eigenvalue weighted by Crippen LogP contribution is -2.10. The molecule has 1 N–H and O–H groups in total. The van der Waals surface area contributed by atoms with Gasteiger partial charge in [0.1, 0.15) is 0 Å². The van der Waals surface area contributed by atoms with E-state index in [0.717, 1.165) is 5.56 Å². The van der Waals surface area contributed by atoms with E-state index in [-0.39, 0.29) is 17.9 Å². The lowest BCUT2D eigenvalue weighted by atomic mass is 9.99. The summed E-state index contributed by atoms with van der Waals surface area (Å²) in [5.41, 5.74) is 2.91. The molecule has 7 heteroatoms. The van der Waals surface area contributed by atoms with E-state index in [0.29, 0.717) is 35.4 Å². The van der Waals surface area contributed by atoms with Gasteiger partial charge < -0.3 is 9.72 Å². The number of esters is 1. The predicted molar refractivity (Wildman–Crippen MR) is 92.0 cm³/mol. The summed E-state index contributed by atoms with van der Waals surface area (Å²) in [6.07, 6.45) is 1.49. The summed E-state index contributed by atoms with van der Waals surface area (Å²) >= 11 is 0. The third-order valence-electron chi connectivity index (χ3n) is 4.06. The van der Waals surface area contributed by atoms with Crippen LogP contribution < -0.4 is 0 Å². The van der Waals surface area contributed by atoms with Crippen LogP contribution in [0.5, 0.6) is 0 Å². The average molecular weight is 344 g/mol. The zero-order chi connectivity index (χ0) is 18.6. The number of non-ortho nitro benzene ring substituents is 1. The molecule has 1 aromatic carbocycles. The highest BCUT2D eigenvalue weighted by atomic mass is 16.6. The maximum Gasteiger partial charge on any atom is 0.340 e. The number of Topliss-reactive ketones (excluding diaryl/α,β-unsaturated/α-hetero) is 1. The van der Waals surface area contributed by atoms with Gasteiger partial charge in [-0.2, -0.15) is 0 Å². The zero-order valence-electron chi connectivity index (χ0n) is 14.4. The summed E-state index contributed by atoms with van der Waals surface area (Å²) in [5.74, 6) is -0.648. The molecule has 1 heterocycles. The van der Waals surface area contributed by atoms with Crippen molar-refractivity contribution >= 4 is 17.4 Å². The number of ether oxygens (including phenoxy) is 1. The van der Waals surface area contributed by atoms with Crippen LogP contribution in [0.1, 0.15) is 50.5 Å². The Hall–Kier alpha value is -2.96. The number of nitro benzene ring substituents is 1. The molecule has 0 amide bonds. The highest BCUT2D eigenvalue weighted by molar-refractivity contribution is 6.08. The van der Waals surface area contributed by atoms with Crippen molar-refractivity contribution in [3.8, 4) is 0 Å². The summed E-state index contributed by atoms with van der Waals surface area (Å²) in [6.45, 7) is 3.48. The Labute approximate surface area is 145 Å². The van der Waals surface area contributed by atoms with E-state index in [1.54, 1.807) is 26.0 Å². The molecular weight excluding hydrogens is 324 g/mol. The quantitative estimate of drug-likeness (QED) is 0.358. The minimum Gasteiger partial charge on any atom is -0.465 e. The van der Waals surface area contributed by atoms with Crippen molar-refractivity contribution in [1.82, 2.24) is 4.98 Å². The van der Waals surface area contributed by atoms with Gasteiger partial charge in [-0.15, -0.1) is 0 Å². The lowest BCUT2D eigenvalue weighted by molar-refractivity contribution is -0.384. The molecule has 0 radical (unpaired) electrons. The van der Waals surface area contributed by atoms with Crippen molar-refractivity contribution in [3.05, 3.63) is 62.5 Å². The van der Waals surface area contributed by atoms with Gasteiger partial charge in [0.2, 0.25) is 0 Å². The number of nitro groups is 1. The fraction of sp³-hybridized carbons (Fsp3) is 0.333. The number of aromatic amines is 1. The first kappa shape index (κ1) is 18.4.